The van der Waals surface area contributed by atoms with Gasteiger partial charge in [0.05, 0.1) is 12.7 Å². The van der Waals surface area contributed by atoms with E-state index in [0.717, 1.165) is 26.2 Å². The molecule has 18 heavy (non-hydrogen) atoms. The summed E-state index contributed by atoms with van der Waals surface area (Å²) >= 11 is 0. The average Bonchev–Trinajstić information content (AvgIpc) is 2.83. The van der Waals surface area contributed by atoms with Crippen molar-refractivity contribution in [3.63, 3.8) is 0 Å². The third-order valence-electron chi connectivity index (χ3n) is 4.15. The maximum Gasteiger partial charge on any atom is 0.0826 e. The molecule has 0 spiro atoms. The molecule has 1 saturated heterocycles. The first-order valence-corrected chi connectivity index (χ1v) is 6.94. The van der Waals surface area contributed by atoms with Crippen molar-refractivity contribution in [2.24, 2.45) is 0 Å². The van der Waals surface area contributed by atoms with Gasteiger partial charge in [-0.3, -0.25) is 4.90 Å². The van der Waals surface area contributed by atoms with Crippen LogP contribution in [0.1, 0.15) is 11.1 Å². The number of nitrogens with zero attached hydrogens (tertiary/aromatic N) is 1. The van der Waals surface area contributed by atoms with Crippen molar-refractivity contribution in [3.05, 3.63) is 35.4 Å². The monoisotopic (exact) mass is 246 g/mol. The first-order valence-electron chi connectivity index (χ1n) is 6.94. The van der Waals surface area contributed by atoms with Crippen LogP contribution in [0.5, 0.6) is 0 Å². The van der Waals surface area contributed by atoms with Crippen LogP contribution in [0.3, 0.4) is 0 Å². The molecule has 1 aromatic carbocycles. The van der Waals surface area contributed by atoms with Crippen molar-refractivity contribution in [2.75, 3.05) is 33.3 Å². The van der Waals surface area contributed by atoms with E-state index in [1.54, 1.807) is 11.1 Å². The molecule has 1 unspecified atom stereocenters. The SMILES string of the molecule is CNCC1CN(C2Cc3ccccc3C2)CCO1. The van der Waals surface area contributed by atoms with Crippen molar-refractivity contribution < 1.29 is 4.74 Å². The smallest absolute Gasteiger partial charge is 0.0826 e. The normalized spacial score (nSPS) is 25.3. The molecule has 1 N–H and O–H groups in total. The molecule has 1 aliphatic heterocycles. The number of rotatable bonds is 3. The minimum Gasteiger partial charge on any atom is -0.374 e. The number of nitrogens with one attached hydrogen (secondary N) is 1. The van der Waals surface area contributed by atoms with Crippen molar-refractivity contribution >= 4 is 0 Å². The van der Waals surface area contributed by atoms with Crippen LogP contribution >= 0.6 is 0 Å². The summed E-state index contributed by atoms with van der Waals surface area (Å²) in [6.07, 6.45) is 2.78. The van der Waals surface area contributed by atoms with E-state index in [9.17, 15) is 0 Å². The number of fused-ring (bicyclic) bond motifs is 1. The van der Waals surface area contributed by atoms with E-state index in [2.05, 4.69) is 34.5 Å². The van der Waals surface area contributed by atoms with Gasteiger partial charge in [0, 0.05) is 25.7 Å². The highest BCUT2D eigenvalue weighted by Gasteiger charge is 2.30. The largest absolute Gasteiger partial charge is 0.374 e. The van der Waals surface area contributed by atoms with Crippen LogP contribution in [-0.2, 0) is 17.6 Å². The van der Waals surface area contributed by atoms with E-state index in [-0.39, 0.29) is 0 Å². The number of morpholine rings is 1. The van der Waals surface area contributed by atoms with Crippen LogP contribution in [0.25, 0.3) is 0 Å². The number of benzene rings is 1. The zero-order valence-electron chi connectivity index (χ0n) is 11.1. The minimum atomic E-state index is 0.354. The van der Waals surface area contributed by atoms with Crippen LogP contribution in [0.4, 0.5) is 0 Å². The van der Waals surface area contributed by atoms with Crippen LogP contribution < -0.4 is 5.32 Å². The van der Waals surface area contributed by atoms with E-state index in [1.165, 1.54) is 12.8 Å². The number of hydrogen-bond acceptors (Lipinski definition) is 3. The molecular formula is C15H22N2O. The van der Waals surface area contributed by atoms with Gasteiger partial charge in [-0.1, -0.05) is 24.3 Å². The van der Waals surface area contributed by atoms with Gasteiger partial charge < -0.3 is 10.1 Å². The average molecular weight is 246 g/mol. The predicted octanol–water partition coefficient (Wildman–Crippen LogP) is 1.07. The molecule has 3 nitrogen and oxygen atoms in total. The molecule has 0 radical (unpaired) electrons. The van der Waals surface area contributed by atoms with Crippen molar-refractivity contribution in [2.45, 2.75) is 25.0 Å². The van der Waals surface area contributed by atoms with Crippen LogP contribution in [0, 0.1) is 0 Å². The molecular weight excluding hydrogens is 224 g/mol. The zero-order chi connectivity index (χ0) is 12.4. The quantitative estimate of drug-likeness (QED) is 0.863. The van der Waals surface area contributed by atoms with Gasteiger partial charge in [-0.25, -0.2) is 0 Å². The highest BCUT2D eigenvalue weighted by molar-refractivity contribution is 5.33. The first kappa shape index (κ1) is 12.2. The van der Waals surface area contributed by atoms with E-state index < -0.39 is 0 Å². The fraction of sp³-hybridized carbons (Fsp3) is 0.600. The maximum atomic E-state index is 5.78. The molecule has 0 amide bonds. The number of ether oxygens (including phenoxy) is 1. The van der Waals surface area contributed by atoms with Crippen molar-refractivity contribution in [1.82, 2.24) is 10.2 Å². The fourth-order valence-electron chi connectivity index (χ4n) is 3.22. The lowest BCUT2D eigenvalue weighted by atomic mass is 10.1. The Bertz CT molecular complexity index is 380. The molecule has 0 aromatic heterocycles. The first-order chi connectivity index (χ1) is 8.86. The summed E-state index contributed by atoms with van der Waals surface area (Å²) < 4.78 is 5.78. The molecule has 1 atom stereocenters. The lowest BCUT2D eigenvalue weighted by molar-refractivity contribution is -0.0398. The summed E-state index contributed by atoms with van der Waals surface area (Å²) in [4.78, 5) is 2.62. The second-order valence-electron chi connectivity index (χ2n) is 5.38. The summed E-state index contributed by atoms with van der Waals surface area (Å²) in [5.41, 5.74) is 3.08. The molecule has 2 aliphatic rings. The Balaban J connectivity index is 1.63. The third kappa shape index (κ3) is 2.44. The van der Waals surface area contributed by atoms with Gasteiger partial charge in [0.1, 0.15) is 0 Å². The lowest BCUT2D eigenvalue weighted by Gasteiger charge is -2.36. The molecule has 3 heteroatoms. The Kier molecular flexibility index (Phi) is 3.64. The van der Waals surface area contributed by atoms with Gasteiger partial charge in [-0.05, 0) is 31.0 Å². The molecule has 0 bridgehead atoms. The van der Waals surface area contributed by atoms with Crippen LogP contribution in [0.15, 0.2) is 24.3 Å². The lowest BCUT2D eigenvalue weighted by Crippen LogP contribution is -2.50. The molecule has 98 valence electrons. The summed E-state index contributed by atoms with van der Waals surface area (Å²) in [7, 11) is 1.99. The van der Waals surface area contributed by atoms with Gasteiger partial charge in [0.2, 0.25) is 0 Å². The summed E-state index contributed by atoms with van der Waals surface area (Å²) in [6, 6.07) is 9.56. The summed E-state index contributed by atoms with van der Waals surface area (Å²) in [5.74, 6) is 0. The maximum absolute atomic E-state index is 5.78. The van der Waals surface area contributed by atoms with Crippen molar-refractivity contribution in [1.29, 1.82) is 0 Å². The minimum absolute atomic E-state index is 0.354. The summed E-state index contributed by atoms with van der Waals surface area (Å²) in [5, 5.41) is 3.21. The topological polar surface area (TPSA) is 24.5 Å². The highest BCUT2D eigenvalue weighted by atomic mass is 16.5. The Morgan fingerprint density at radius 1 is 1.28 bits per heavy atom. The standard InChI is InChI=1S/C15H22N2O/c1-16-10-15-11-17(6-7-18-15)14-8-12-4-2-3-5-13(12)9-14/h2-5,14-16H,6-11H2,1H3. The molecule has 1 aliphatic carbocycles. The van der Waals surface area contributed by atoms with Gasteiger partial charge >= 0.3 is 0 Å². The summed E-state index contributed by atoms with van der Waals surface area (Å²) in [6.45, 7) is 3.98. The predicted molar refractivity (Wildman–Crippen MR) is 72.9 cm³/mol. The molecule has 0 saturated carbocycles. The Labute approximate surface area is 109 Å². The van der Waals surface area contributed by atoms with E-state index in [1.807, 2.05) is 7.05 Å². The van der Waals surface area contributed by atoms with Crippen LogP contribution in [-0.4, -0.2) is 50.3 Å². The van der Waals surface area contributed by atoms with Gasteiger partial charge in [-0.2, -0.15) is 0 Å². The number of hydrogen-bond donors (Lipinski definition) is 1. The Hall–Kier alpha value is -0.900. The van der Waals surface area contributed by atoms with Gasteiger partial charge in [0.25, 0.3) is 0 Å². The second-order valence-corrected chi connectivity index (χ2v) is 5.38. The Morgan fingerprint density at radius 3 is 2.67 bits per heavy atom. The van der Waals surface area contributed by atoms with Gasteiger partial charge in [0.15, 0.2) is 0 Å². The number of likely N-dealkylation sites (N-methyl/N-ethyl adjacent to an activating group) is 1. The third-order valence-corrected chi connectivity index (χ3v) is 4.15. The molecule has 1 heterocycles. The van der Waals surface area contributed by atoms with Crippen LogP contribution in [0.2, 0.25) is 0 Å². The van der Waals surface area contributed by atoms with Crippen molar-refractivity contribution in [3.8, 4) is 0 Å². The second kappa shape index (κ2) is 5.39. The van der Waals surface area contributed by atoms with E-state index in [4.69, 9.17) is 4.74 Å². The van der Waals surface area contributed by atoms with E-state index in [0.29, 0.717) is 12.1 Å². The molecule has 1 fully saturated rings. The fourth-order valence-corrected chi connectivity index (χ4v) is 3.22. The Morgan fingerprint density at radius 2 is 2.00 bits per heavy atom. The zero-order valence-corrected chi connectivity index (χ0v) is 11.1. The van der Waals surface area contributed by atoms with Gasteiger partial charge in [-0.15, -0.1) is 0 Å². The highest BCUT2D eigenvalue weighted by Crippen LogP contribution is 2.26. The molecule has 1 aromatic rings. The molecule has 3 rings (SSSR count). The van der Waals surface area contributed by atoms with E-state index >= 15 is 0 Å².